The van der Waals surface area contributed by atoms with Gasteiger partial charge in [-0.05, 0) is 54.7 Å². The molecule has 0 aliphatic carbocycles. The van der Waals surface area contributed by atoms with E-state index in [-0.39, 0.29) is 17.7 Å². The summed E-state index contributed by atoms with van der Waals surface area (Å²) in [7, 11) is 0. The van der Waals surface area contributed by atoms with Crippen molar-refractivity contribution in [3.63, 3.8) is 0 Å². The van der Waals surface area contributed by atoms with E-state index in [4.69, 9.17) is 11.6 Å². The first-order valence-electron chi connectivity index (χ1n) is 7.52. The third-order valence-electron chi connectivity index (χ3n) is 4.04. The molecule has 116 valence electrons. The largest absolute Gasteiger partial charge is 0.325 e. The number of carbonyl (C=O) groups excluding carboxylic acids is 1. The Balaban J connectivity index is 2.27. The summed E-state index contributed by atoms with van der Waals surface area (Å²) in [6.07, 6.45) is 0. The number of anilines is 1. The van der Waals surface area contributed by atoms with Crippen LogP contribution >= 0.6 is 11.6 Å². The molecule has 2 aromatic carbocycles. The van der Waals surface area contributed by atoms with E-state index in [1.165, 1.54) is 5.56 Å². The van der Waals surface area contributed by atoms with Crippen LogP contribution in [-0.2, 0) is 4.79 Å². The molecule has 0 spiro atoms. The first-order valence-corrected chi connectivity index (χ1v) is 7.90. The number of nitrogens with one attached hydrogen (secondary N) is 1. The van der Waals surface area contributed by atoms with Gasteiger partial charge < -0.3 is 5.32 Å². The van der Waals surface area contributed by atoms with Crippen molar-refractivity contribution < 1.29 is 4.79 Å². The third-order valence-corrected chi connectivity index (χ3v) is 4.29. The maximum atomic E-state index is 12.8. The van der Waals surface area contributed by atoms with Crippen molar-refractivity contribution in [1.82, 2.24) is 0 Å². The summed E-state index contributed by atoms with van der Waals surface area (Å²) >= 11 is 5.94. The van der Waals surface area contributed by atoms with Gasteiger partial charge in [-0.2, -0.15) is 0 Å². The SMILES string of the molecule is Cc1cccc(NC(=O)[C@H](c2ccc(Cl)cc2)C(C)C)c1C. The normalized spacial score (nSPS) is 12.3. The van der Waals surface area contributed by atoms with Crippen LogP contribution in [0.3, 0.4) is 0 Å². The molecule has 0 heterocycles. The van der Waals surface area contributed by atoms with Gasteiger partial charge >= 0.3 is 0 Å². The number of carbonyl (C=O) groups is 1. The van der Waals surface area contributed by atoms with Crippen molar-refractivity contribution >= 4 is 23.2 Å². The number of benzene rings is 2. The molecule has 2 aromatic rings. The molecule has 3 heteroatoms. The monoisotopic (exact) mass is 315 g/mol. The summed E-state index contributed by atoms with van der Waals surface area (Å²) in [5.41, 5.74) is 4.15. The number of rotatable bonds is 4. The van der Waals surface area contributed by atoms with Crippen LogP contribution in [0.15, 0.2) is 42.5 Å². The zero-order valence-corrected chi connectivity index (χ0v) is 14.2. The molecule has 1 amide bonds. The van der Waals surface area contributed by atoms with E-state index in [0.29, 0.717) is 5.02 Å². The van der Waals surface area contributed by atoms with Crippen LogP contribution in [0.25, 0.3) is 0 Å². The lowest BCUT2D eigenvalue weighted by atomic mass is 9.87. The predicted molar refractivity (Wildman–Crippen MR) is 93.6 cm³/mol. The summed E-state index contributed by atoms with van der Waals surface area (Å²) in [6.45, 7) is 8.19. The Morgan fingerprint density at radius 2 is 1.68 bits per heavy atom. The van der Waals surface area contributed by atoms with Gasteiger partial charge in [0, 0.05) is 10.7 Å². The van der Waals surface area contributed by atoms with Gasteiger partial charge in [0.15, 0.2) is 0 Å². The quantitative estimate of drug-likeness (QED) is 0.811. The first-order chi connectivity index (χ1) is 10.4. The van der Waals surface area contributed by atoms with Crippen molar-refractivity contribution in [3.8, 4) is 0 Å². The topological polar surface area (TPSA) is 29.1 Å². The summed E-state index contributed by atoms with van der Waals surface area (Å²) in [6, 6.07) is 13.5. The molecule has 0 aromatic heterocycles. The van der Waals surface area contributed by atoms with Gasteiger partial charge in [-0.15, -0.1) is 0 Å². The van der Waals surface area contributed by atoms with Gasteiger partial charge in [0.05, 0.1) is 5.92 Å². The summed E-state index contributed by atoms with van der Waals surface area (Å²) in [5.74, 6) is 0.0227. The second kappa shape index (κ2) is 6.97. The van der Waals surface area contributed by atoms with Crippen molar-refractivity contribution in [2.75, 3.05) is 5.32 Å². The van der Waals surface area contributed by atoms with Crippen LogP contribution in [0.1, 0.15) is 36.5 Å². The molecule has 1 atom stereocenters. The van der Waals surface area contributed by atoms with Gasteiger partial charge in [-0.25, -0.2) is 0 Å². The molecule has 22 heavy (non-hydrogen) atoms. The van der Waals surface area contributed by atoms with E-state index in [0.717, 1.165) is 16.8 Å². The molecule has 0 saturated heterocycles. The number of halogens is 1. The van der Waals surface area contributed by atoms with Gasteiger partial charge in [-0.1, -0.05) is 49.7 Å². The highest BCUT2D eigenvalue weighted by Gasteiger charge is 2.24. The van der Waals surface area contributed by atoms with Crippen molar-refractivity contribution in [2.45, 2.75) is 33.6 Å². The van der Waals surface area contributed by atoms with Crippen LogP contribution in [0, 0.1) is 19.8 Å². The molecule has 0 bridgehead atoms. The zero-order chi connectivity index (χ0) is 16.3. The van der Waals surface area contributed by atoms with E-state index in [1.807, 2.05) is 56.3 Å². The van der Waals surface area contributed by atoms with Crippen molar-refractivity contribution in [2.24, 2.45) is 5.92 Å². The highest BCUT2D eigenvalue weighted by molar-refractivity contribution is 6.30. The van der Waals surface area contributed by atoms with Crippen molar-refractivity contribution in [1.29, 1.82) is 0 Å². The zero-order valence-electron chi connectivity index (χ0n) is 13.5. The van der Waals surface area contributed by atoms with Gasteiger partial charge in [0.1, 0.15) is 0 Å². The smallest absolute Gasteiger partial charge is 0.232 e. The Morgan fingerprint density at radius 1 is 1.05 bits per heavy atom. The Kier molecular flexibility index (Phi) is 5.25. The van der Waals surface area contributed by atoms with E-state index < -0.39 is 0 Å². The fraction of sp³-hybridized carbons (Fsp3) is 0.316. The Bertz CT molecular complexity index is 662. The number of hydrogen-bond acceptors (Lipinski definition) is 1. The predicted octanol–water partition coefficient (Wildman–Crippen LogP) is 5.34. The number of aryl methyl sites for hydroxylation is 1. The second-order valence-electron chi connectivity index (χ2n) is 6.01. The average molecular weight is 316 g/mol. The number of amides is 1. The van der Waals surface area contributed by atoms with Crippen LogP contribution in [0.4, 0.5) is 5.69 Å². The molecule has 0 radical (unpaired) electrons. The minimum atomic E-state index is -0.197. The van der Waals surface area contributed by atoms with Gasteiger partial charge in [-0.3, -0.25) is 4.79 Å². The fourth-order valence-corrected chi connectivity index (χ4v) is 2.73. The molecule has 0 aliphatic heterocycles. The first kappa shape index (κ1) is 16.6. The lowest BCUT2D eigenvalue weighted by Crippen LogP contribution is -2.25. The molecule has 2 nitrogen and oxygen atoms in total. The lowest BCUT2D eigenvalue weighted by Gasteiger charge is -2.22. The average Bonchev–Trinajstić information content (AvgIpc) is 2.46. The van der Waals surface area contributed by atoms with Crippen LogP contribution in [0.2, 0.25) is 5.02 Å². The fourth-order valence-electron chi connectivity index (χ4n) is 2.61. The molecular formula is C19H22ClNO. The van der Waals surface area contributed by atoms with E-state index in [1.54, 1.807) is 0 Å². The molecule has 0 unspecified atom stereocenters. The minimum absolute atomic E-state index is 0.0195. The van der Waals surface area contributed by atoms with Crippen LogP contribution in [-0.4, -0.2) is 5.91 Å². The molecule has 2 rings (SSSR count). The molecule has 0 fully saturated rings. The summed E-state index contributed by atoms with van der Waals surface area (Å²) in [5, 5.41) is 3.76. The van der Waals surface area contributed by atoms with E-state index in [9.17, 15) is 4.79 Å². The van der Waals surface area contributed by atoms with Gasteiger partial charge in [0.25, 0.3) is 0 Å². The van der Waals surface area contributed by atoms with E-state index >= 15 is 0 Å². The Hall–Kier alpha value is -1.80. The lowest BCUT2D eigenvalue weighted by molar-refractivity contribution is -0.118. The second-order valence-corrected chi connectivity index (χ2v) is 6.45. The van der Waals surface area contributed by atoms with Crippen LogP contribution < -0.4 is 5.32 Å². The Labute approximate surface area is 137 Å². The van der Waals surface area contributed by atoms with E-state index in [2.05, 4.69) is 19.2 Å². The minimum Gasteiger partial charge on any atom is -0.325 e. The highest BCUT2D eigenvalue weighted by Crippen LogP contribution is 2.28. The Morgan fingerprint density at radius 3 is 2.27 bits per heavy atom. The molecule has 0 aliphatic rings. The summed E-state index contributed by atoms with van der Waals surface area (Å²) in [4.78, 5) is 12.8. The standard InChI is InChI=1S/C19H22ClNO/c1-12(2)18(15-8-10-16(20)11-9-15)19(22)21-17-7-5-6-13(3)14(17)4/h5-12,18H,1-4H3,(H,21,22)/t18-/m0/s1. The number of hydrogen-bond donors (Lipinski definition) is 1. The van der Waals surface area contributed by atoms with Crippen LogP contribution in [0.5, 0.6) is 0 Å². The highest BCUT2D eigenvalue weighted by atomic mass is 35.5. The molecular weight excluding hydrogens is 294 g/mol. The van der Waals surface area contributed by atoms with Crippen molar-refractivity contribution in [3.05, 3.63) is 64.2 Å². The van der Waals surface area contributed by atoms with Gasteiger partial charge in [0.2, 0.25) is 5.91 Å². The molecule has 1 N–H and O–H groups in total. The maximum absolute atomic E-state index is 12.8. The summed E-state index contributed by atoms with van der Waals surface area (Å²) < 4.78 is 0. The maximum Gasteiger partial charge on any atom is 0.232 e. The third kappa shape index (κ3) is 3.69. The molecule has 0 saturated carbocycles.